The zero-order chi connectivity index (χ0) is 10.7. The standard InChI is InChI=1S/C10H12BrClFN/c1-6(4-5-14)9-8(12)3-2-7(11)10(9)13/h2-3,6H,4-5,14H2,1H3. The predicted octanol–water partition coefficient (Wildman–Crippen LogP) is 3.69. The SMILES string of the molecule is CC(CCN)c1c(Cl)ccc(Br)c1F. The highest BCUT2D eigenvalue weighted by atomic mass is 79.9. The van der Waals surface area contributed by atoms with Gasteiger partial charge in [-0.25, -0.2) is 4.39 Å². The molecule has 1 atom stereocenters. The van der Waals surface area contributed by atoms with Crippen LogP contribution < -0.4 is 5.73 Å². The largest absolute Gasteiger partial charge is 0.330 e. The summed E-state index contributed by atoms with van der Waals surface area (Å²) in [7, 11) is 0. The van der Waals surface area contributed by atoms with Crippen molar-refractivity contribution in [2.45, 2.75) is 19.3 Å². The predicted molar refractivity (Wildman–Crippen MR) is 61.2 cm³/mol. The van der Waals surface area contributed by atoms with Gasteiger partial charge < -0.3 is 5.73 Å². The van der Waals surface area contributed by atoms with E-state index in [1.165, 1.54) is 0 Å². The summed E-state index contributed by atoms with van der Waals surface area (Å²) in [5, 5.41) is 0.464. The minimum absolute atomic E-state index is 0.0463. The van der Waals surface area contributed by atoms with E-state index in [0.29, 0.717) is 21.6 Å². The third-order valence-corrected chi connectivity index (χ3v) is 3.11. The molecular weight excluding hydrogens is 268 g/mol. The van der Waals surface area contributed by atoms with Crippen molar-refractivity contribution >= 4 is 27.5 Å². The monoisotopic (exact) mass is 279 g/mol. The number of hydrogen-bond donors (Lipinski definition) is 1. The molecule has 0 aliphatic carbocycles. The van der Waals surface area contributed by atoms with E-state index >= 15 is 0 Å². The van der Waals surface area contributed by atoms with Crippen LogP contribution in [0.4, 0.5) is 4.39 Å². The molecule has 1 rings (SSSR count). The van der Waals surface area contributed by atoms with Crippen molar-refractivity contribution in [2.75, 3.05) is 6.54 Å². The van der Waals surface area contributed by atoms with Crippen LogP contribution in [0.5, 0.6) is 0 Å². The van der Waals surface area contributed by atoms with Gasteiger partial charge in [0.25, 0.3) is 0 Å². The Kier molecular flexibility index (Phi) is 4.35. The van der Waals surface area contributed by atoms with Crippen molar-refractivity contribution in [1.29, 1.82) is 0 Å². The minimum Gasteiger partial charge on any atom is -0.330 e. The van der Waals surface area contributed by atoms with E-state index in [2.05, 4.69) is 15.9 Å². The Morgan fingerprint density at radius 1 is 1.57 bits per heavy atom. The van der Waals surface area contributed by atoms with Gasteiger partial charge in [0.15, 0.2) is 0 Å². The Morgan fingerprint density at radius 2 is 2.21 bits per heavy atom. The number of hydrogen-bond acceptors (Lipinski definition) is 1. The highest BCUT2D eigenvalue weighted by Crippen LogP contribution is 2.32. The van der Waals surface area contributed by atoms with E-state index in [1.54, 1.807) is 12.1 Å². The molecule has 0 aliphatic heterocycles. The number of rotatable bonds is 3. The maximum Gasteiger partial charge on any atom is 0.142 e. The van der Waals surface area contributed by atoms with Crippen LogP contribution in [0.2, 0.25) is 5.02 Å². The number of benzene rings is 1. The summed E-state index contributed by atoms with van der Waals surface area (Å²) in [6, 6.07) is 3.30. The van der Waals surface area contributed by atoms with Crippen molar-refractivity contribution in [3.8, 4) is 0 Å². The summed E-state index contributed by atoms with van der Waals surface area (Å²) in [6.07, 6.45) is 0.729. The van der Waals surface area contributed by atoms with E-state index in [0.717, 1.165) is 6.42 Å². The molecule has 0 heterocycles. The maximum absolute atomic E-state index is 13.7. The molecule has 0 amide bonds. The molecule has 2 N–H and O–H groups in total. The molecule has 0 radical (unpaired) electrons. The Bertz CT molecular complexity index is 330. The summed E-state index contributed by atoms with van der Waals surface area (Å²) >= 11 is 9.07. The second-order valence-corrected chi connectivity index (χ2v) is 4.50. The molecule has 1 aromatic rings. The smallest absolute Gasteiger partial charge is 0.142 e. The second-order valence-electron chi connectivity index (χ2n) is 3.24. The minimum atomic E-state index is -0.279. The van der Waals surface area contributed by atoms with Crippen molar-refractivity contribution in [3.05, 3.63) is 33.0 Å². The topological polar surface area (TPSA) is 26.0 Å². The van der Waals surface area contributed by atoms with Crippen LogP contribution in [0, 0.1) is 5.82 Å². The summed E-state index contributed by atoms with van der Waals surface area (Å²) in [5.41, 5.74) is 5.98. The molecule has 0 saturated heterocycles. The summed E-state index contributed by atoms with van der Waals surface area (Å²) < 4.78 is 14.1. The van der Waals surface area contributed by atoms with Gasteiger partial charge >= 0.3 is 0 Å². The van der Waals surface area contributed by atoms with Crippen LogP contribution in [-0.4, -0.2) is 6.54 Å². The molecule has 0 fully saturated rings. The van der Waals surface area contributed by atoms with Crippen LogP contribution in [0.1, 0.15) is 24.8 Å². The molecule has 0 aliphatic rings. The molecule has 1 aromatic carbocycles. The first-order valence-electron chi connectivity index (χ1n) is 4.41. The fourth-order valence-electron chi connectivity index (χ4n) is 1.39. The van der Waals surface area contributed by atoms with Gasteiger partial charge in [-0.15, -0.1) is 0 Å². The lowest BCUT2D eigenvalue weighted by Crippen LogP contribution is -2.07. The lowest BCUT2D eigenvalue weighted by Gasteiger charge is -2.14. The van der Waals surface area contributed by atoms with Gasteiger partial charge in [0.2, 0.25) is 0 Å². The number of nitrogens with two attached hydrogens (primary N) is 1. The third-order valence-electron chi connectivity index (χ3n) is 2.17. The molecule has 1 unspecified atom stereocenters. The van der Waals surface area contributed by atoms with Gasteiger partial charge in [-0.05, 0) is 46.9 Å². The second kappa shape index (κ2) is 5.10. The van der Waals surface area contributed by atoms with Gasteiger partial charge in [0.1, 0.15) is 5.82 Å². The van der Waals surface area contributed by atoms with Gasteiger partial charge in [0.05, 0.1) is 4.47 Å². The molecule has 0 aromatic heterocycles. The van der Waals surface area contributed by atoms with Crippen molar-refractivity contribution < 1.29 is 4.39 Å². The highest BCUT2D eigenvalue weighted by molar-refractivity contribution is 9.10. The van der Waals surface area contributed by atoms with Crippen LogP contribution in [0.15, 0.2) is 16.6 Å². The van der Waals surface area contributed by atoms with Gasteiger partial charge in [0, 0.05) is 10.6 Å². The van der Waals surface area contributed by atoms with Crippen LogP contribution in [0.25, 0.3) is 0 Å². The Morgan fingerprint density at radius 3 is 2.79 bits per heavy atom. The van der Waals surface area contributed by atoms with Gasteiger partial charge in [-0.3, -0.25) is 0 Å². The maximum atomic E-state index is 13.7. The first-order valence-corrected chi connectivity index (χ1v) is 5.58. The van der Waals surface area contributed by atoms with E-state index in [1.807, 2.05) is 6.92 Å². The Labute approximate surface area is 96.6 Å². The van der Waals surface area contributed by atoms with E-state index in [9.17, 15) is 4.39 Å². The van der Waals surface area contributed by atoms with Gasteiger partial charge in [-0.1, -0.05) is 18.5 Å². The fraction of sp³-hybridized carbons (Fsp3) is 0.400. The van der Waals surface area contributed by atoms with E-state index in [-0.39, 0.29) is 11.7 Å². The van der Waals surface area contributed by atoms with Crippen molar-refractivity contribution in [2.24, 2.45) is 5.73 Å². The number of halogens is 3. The van der Waals surface area contributed by atoms with Crippen molar-refractivity contribution in [1.82, 2.24) is 0 Å². The average molecular weight is 281 g/mol. The Hall–Kier alpha value is -0.120. The molecule has 0 saturated carbocycles. The molecule has 0 spiro atoms. The van der Waals surface area contributed by atoms with E-state index in [4.69, 9.17) is 17.3 Å². The molecule has 4 heteroatoms. The summed E-state index contributed by atoms with van der Waals surface area (Å²) in [4.78, 5) is 0. The quantitative estimate of drug-likeness (QED) is 0.840. The molecule has 0 bridgehead atoms. The van der Waals surface area contributed by atoms with Gasteiger partial charge in [-0.2, -0.15) is 0 Å². The first-order chi connectivity index (χ1) is 6.57. The van der Waals surface area contributed by atoms with Crippen LogP contribution in [0.3, 0.4) is 0 Å². The average Bonchev–Trinajstić information content (AvgIpc) is 2.13. The molecule has 78 valence electrons. The zero-order valence-electron chi connectivity index (χ0n) is 7.86. The summed E-state index contributed by atoms with van der Waals surface area (Å²) in [5.74, 6) is -0.233. The normalized spacial score (nSPS) is 12.9. The lowest BCUT2D eigenvalue weighted by atomic mass is 9.97. The van der Waals surface area contributed by atoms with Crippen molar-refractivity contribution in [3.63, 3.8) is 0 Å². The van der Waals surface area contributed by atoms with Crippen LogP contribution in [-0.2, 0) is 0 Å². The highest BCUT2D eigenvalue weighted by Gasteiger charge is 2.16. The zero-order valence-corrected chi connectivity index (χ0v) is 10.2. The molecular formula is C10H12BrClFN. The fourth-order valence-corrected chi connectivity index (χ4v) is 2.07. The first kappa shape index (κ1) is 12.0. The summed E-state index contributed by atoms with van der Waals surface area (Å²) in [6.45, 7) is 2.45. The molecule has 1 nitrogen and oxygen atoms in total. The third kappa shape index (κ3) is 2.47. The van der Waals surface area contributed by atoms with E-state index < -0.39 is 0 Å². The lowest BCUT2D eigenvalue weighted by molar-refractivity contribution is 0.572. The Balaban J connectivity index is 3.11. The molecule has 14 heavy (non-hydrogen) atoms. The van der Waals surface area contributed by atoms with Crippen LogP contribution >= 0.6 is 27.5 Å².